The quantitative estimate of drug-likeness (QED) is 0.0614. The topological polar surface area (TPSA) is 69.9 Å². The lowest BCUT2D eigenvalue weighted by molar-refractivity contribution is 0.0450. The highest BCUT2D eigenvalue weighted by Gasteiger charge is 1.97. The van der Waals surface area contributed by atoms with Crippen molar-refractivity contribution in [1.82, 2.24) is 0 Å². The third kappa shape index (κ3) is 46.4. The summed E-state index contributed by atoms with van der Waals surface area (Å²) in [6, 6.07) is 0. The van der Waals surface area contributed by atoms with E-state index < -0.39 is 6.10 Å². The van der Waals surface area contributed by atoms with Gasteiger partial charge in [-0.15, -0.1) is 0 Å². The maximum atomic E-state index is 8.17. The molecule has 0 aromatic rings. The fourth-order valence-electron chi connectivity index (χ4n) is 5.66. The third-order valence-corrected chi connectivity index (χ3v) is 8.71. The first kappa shape index (κ1) is 45.0. The van der Waals surface area contributed by atoms with Gasteiger partial charge in [0.05, 0.1) is 13.2 Å². The lowest BCUT2D eigenvalue weighted by Gasteiger charge is -2.06. The van der Waals surface area contributed by atoms with E-state index in [4.69, 9.17) is 20.1 Å². The van der Waals surface area contributed by atoms with Crippen molar-refractivity contribution in [2.45, 2.75) is 225 Å². The monoisotopic (exact) mass is 615 g/mol. The molecule has 4 nitrogen and oxygen atoms in total. The third-order valence-electron chi connectivity index (χ3n) is 8.71. The summed E-state index contributed by atoms with van der Waals surface area (Å²) in [4.78, 5) is 0. The molecule has 3 N–H and O–H groups in total. The van der Waals surface area contributed by atoms with Gasteiger partial charge in [0.2, 0.25) is 0 Å². The Morgan fingerprint density at radius 3 is 0.674 bits per heavy atom. The van der Waals surface area contributed by atoms with Gasteiger partial charge in [-0.05, 0) is 12.8 Å². The Balaban J connectivity index is 0. The van der Waals surface area contributed by atoms with Crippen molar-refractivity contribution in [3.8, 4) is 0 Å². The molecule has 0 atom stereocenters. The van der Waals surface area contributed by atoms with E-state index in [1.165, 1.54) is 205 Å². The van der Waals surface area contributed by atoms with E-state index in [9.17, 15) is 0 Å². The molecule has 0 rings (SSSR count). The van der Waals surface area contributed by atoms with Gasteiger partial charge in [-0.2, -0.15) is 0 Å². The molecule has 0 saturated carbocycles. The predicted molar refractivity (Wildman–Crippen MR) is 190 cm³/mol. The number of hydrogen-bond acceptors (Lipinski definition) is 4. The van der Waals surface area contributed by atoms with Crippen LogP contribution in [0.3, 0.4) is 0 Å². The average Bonchev–Trinajstić information content (AvgIpc) is 3.03. The predicted octanol–water partition coefficient (Wildman–Crippen LogP) is 11.9. The summed E-state index contributed by atoms with van der Waals surface area (Å²) in [6.45, 7) is 5.87. The first-order chi connectivity index (χ1) is 21.2. The second kappa shape index (κ2) is 44.0. The fraction of sp³-hybridized carbons (Fsp3) is 1.00. The van der Waals surface area contributed by atoms with Gasteiger partial charge in [0.15, 0.2) is 0 Å². The van der Waals surface area contributed by atoms with E-state index in [2.05, 4.69) is 13.8 Å². The van der Waals surface area contributed by atoms with Crippen LogP contribution in [0.5, 0.6) is 0 Å². The van der Waals surface area contributed by atoms with Crippen molar-refractivity contribution in [3.05, 3.63) is 0 Å². The molecule has 0 amide bonds. The summed E-state index contributed by atoms with van der Waals surface area (Å²) in [7, 11) is 0. The largest absolute Gasteiger partial charge is 0.394 e. The van der Waals surface area contributed by atoms with E-state index in [0.29, 0.717) is 0 Å². The van der Waals surface area contributed by atoms with Crippen molar-refractivity contribution in [3.63, 3.8) is 0 Å². The highest BCUT2D eigenvalue weighted by molar-refractivity contribution is 4.52. The lowest BCUT2D eigenvalue weighted by Crippen LogP contribution is -2.15. The molecular weight excluding hydrogens is 532 g/mol. The minimum Gasteiger partial charge on any atom is -0.394 e. The van der Waals surface area contributed by atoms with Crippen molar-refractivity contribution in [2.75, 3.05) is 26.4 Å². The summed E-state index contributed by atoms with van der Waals surface area (Å²) in [6.07, 6.45) is 45.1. The van der Waals surface area contributed by atoms with Crippen LogP contribution >= 0.6 is 0 Å². The molecular formula is C39H82O4. The number of aliphatic hydroxyl groups is 3. The number of aliphatic hydroxyl groups excluding tert-OH is 3. The second-order valence-electron chi connectivity index (χ2n) is 13.2. The average molecular weight is 615 g/mol. The maximum Gasteiger partial charge on any atom is 0.100 e. The van der Waals surface area contributed by atoms with Crippen LogP contribution in [0.1, 0.15) is 219 Å². The Hall–Kier alpha value is -0.160. The van der Waals surface area contributed by atoms with Gasteiger partial charge in [0.25, 0.3) is 0 Å². The Morgan fingerprint density at radius 2 is 0.512 bits per heavy atom. The Morgan fingerprint density at radius 1 is 0.326 bits per heavy atom. The van der Waals surface area contributed by atoms with Gasteiger partial charge in [-0.1, -0.05) is 206 Å². The van der Waals surface area contributed by atoms with Crippen LogP contribution < -0.4 is 0 Å². The van der Waals surface area contributed by atoms with Gasteiger partial charge in [0.1, 0.15) is 6.10 Å². The van der Waals surface area contributed by atoms with Crippen molar-refractivity contribution < 1.29 is 20.1 Å². The van der Waals surface area contributed by atoms with Gasteiger partial charge in [-0.3, -0.25) is 0 Å². The van der Waals surface area contributed by atoms with Crippen molar-refractivity contribution in [1.29, 1.82) is 0 Å². The molecule has 0 fully saturated rings. The number of unbranched alkanes of at least 4 members (excludes halogenated alkanes) is 30. The highest BCUT2D eigenvalue weighted by Crippen LogP contribution is 2.15. The normalized spacial score (nSPS) is 11.3. The molecule has 0 bridgehead atoms. The van der Waals surface area contributed by atoms with Crippen LogP contribution in [-0.2, 0) is 4.74 Å². The van der Waals surface area contributed by atoms with Crippen LogP contribution in [0, 0.1) is 0 Å². The van der Waals surface area contributed by atoms with Crippen LogP contribution in [-0.4, -0.2) is 47.9 Å². The summed E-state index contributed by atoms with van der Waals surface area (Å²) >= 11 is 0. The molecule has 0 aliphatic heterocycles. The molecule has 0 saturated heterocycles. The molecule has 0 aliphatic rings. The standard InChI is InChI=1S/C36H74O.C3H8O3/c1-3-5-7-9-11-13-15-17-19-21-23-25-27-29-31-33-35-37-36-34-32-30-28-26-24-22-20-18-16-14-12-10-8-6-4-2;4-1-3(6)2-5/h3-36H2,1-2H3;3-6H,1-2H2. The van der Waals surface area contributed by atoms with Gasteiger partial charge < -0.3 is 20.1 Å². The molecule has 0 aliphatic carbocycles. The zero-order valence-corrected chi connectivity index (χ0v) is 29.8. The van der Waals surface area contributed by atoms with E-state index in [-0.39, 0.29) is 13.2 Å². The van der Waals surface area contributed by atoms with Crippen LogP contribution in [0.25, 0.3) is 0 Å². The molecule has 0 aromatic heterocycles. The smallest absolute Gasteiger partial charge is 0.100 e. The Bertz CT molecular complexity index is 407. The van der Waals surface area contributed by atoms with Crippen LogP contribution in [0.15, 0.2) is 0 Å². The summed E-state index contributed by atoms with van der Waals surface area (Å²) in [5, 5.41) is 24.0. The molecule has 0 spiro atoms. The van der Waals surface area contributed by atoms with E-state index in [1.54, 1.807) is 0 Å². The second-order valence-corrected chi connectivity index (χ2v) is 13.2. The SMILES string of the molecule is CCCCCCCCCCCCCCCCCCOCCCCCCCCCCCCCCCCCC.OCC(O)CO. The number of ether oxygens (including phenoxy) is 1. The minimum absolute atomic E-state index is 0.365. The molecule has 0 unspecified atom stereocenters. The van der Waals surface area contributed by atoms with E-state index in [1.807, 2.05) is 0 Å². The van der Waals surface area contributed by atoms with Crippen molar-refractivity contribution >= 4 is 0 Å². The Labute approximate surface area is 271 Å². The minimum atomic E-state index is -0.954. The zero-order valence-electron chi connectivity index (χ0n) is 29.8. The first-order valence-corrected chi connectivity index (χ1v) is 19.7. The maximum absolute atomic E-state index is 8.17. The molecule has 4 heteroatoms. The highest BCUT2D eigenvalue weighted by atomic mass is 16.5. The van der Waals surface area contributed by atoms with Gasteiger partial charge in [-0.25, -0.2) is 0 Å². The number of rotatable bonds is 36. The molecule has 43 heavy (non-hydrogen) atoms. The summed E-state index contributed by atoms with van der Waals surface area (Å²) in [5.41, 5.74) is 0. The van der Waals surface area contributed by atoms with Crippen LogP contribution in [0.4, 0.5) is 0 Å². The molecule has 0 radical (unpaired) electrons. The molecule has 0 heterocycles. The van der Waals surface area contributed by atoms with Gasteiger partial charge in [0, 0.05) is 13.2 Å². The van der Waals surface area contributed by atoms with E-state index >= 15 is 0 Å². The Kier molecular flexibility index (Phi) is 46.0. The number of hydrogen-bond donors (Lipinski definition) is 3. The van der Waals surface area contributed by atoms with Crippen LogP contribution in [0.2, 0.25) is 0 Å². The molecule has 0 aromatic carbocycles. The summed E-state index contributed by atoms with van der Waals surface area (Å²) < 4.78 is 5.87. The van der Waals surface area contributed by atoms with Gasteiger partial charge >= 0.3 is 0 Å². The fourth-order valence-corrected chi connectivity index (χ4v) is 5.66. The summed E-state index contributed by atoms with van der Waals surface area (Å²) in [5.74, 6) is 0. The van der Waals surface area contributed by atoms with Crippen molar-refractivity contribution in [2.24, 2.45) is 0 Å². The lowest BCUT2D eigenvalue weighted by atomic mass is 10.0. The first-order valence-electron chi connectivity index (χ1n) is 19.7. The molecule has 262 valence electrons. The zero-order chi connectivity index (χ0) is 31.7. The van der Waals surface area contributed by atoms with E-state index in [0.717, 1.165) is 13.2 Å².